The molecular formula is C17H20FN3O. The Morgan fingerprint density at radius 3 is 2.91 bits per heavy atom. The summed E-state index contributed by atoms with van der Waals surface area (Å²) in [6.07, 6.45) is 0. The molecule has 3 rings (SSSR count). The fraction of sp³-hybridized carbons (Fsp3) is 0.353. The molecule has 0 amide bonds. The molecule has 0 saturated carbocycles. The second-order valence-corrected chi connectivity index (χ2v) is 5.73. The summed E-state index contributed by atoms with van der Waals surface area (Å²) in [6, 6.07) is 9.22. The maximum absolute atomic E-state index is 14.0. The molecule has 22 heavy (non-hydrogen) atoms. The number of nitrogens with two attached hydrogens (primary N) is 1. The minimum absolute atomic E-state index is 0.179. The van der Waals surface area contributed by atoms with Crippen LogP contribution in [0.4, 0.5) is 15.9 Å². The molecule has 1 saturated heterocycles. The molecule has 5 heteroatoms. The molecule has 1 fully saturated rings. The summed E-state index contributed by atoms with van der Waals surface area (Å²) in [6.45, 7) is 6.02. The van der Waals surface area contributed by atoms with Gasteiger partial charge in [0.25, 0.3) is 0 Å². The van der Waals surface area contributed by atoms with Crippen molar-refractivity contribution < 1.29 is 9.13 Å². The Morgan fingerprint density at radius 2 is 2.14 bits per heavy atom. The molecule has 1 aromatic heterocycles. The number of morpholine rings is 1. The van der Waals surface area contributed by atoms with Crippen molar-refractivity contribution in [2.45, 2.75) is 19.9 Å². The highest BCUT2D eigenvalue weighted by Crippen LogP contribution is 2.29. The molecule has 1 atom stereocenters. The van der Waals surface area contributed by atoms with Crippen LogP contribution in [-0.2, 0) is 4.74 Å². The van der Waals surface area contributed by atoms with Crippen LogP contribution in [0.2, 0.25) is 0 Å². The minimum atomic E-state index is -0.479. The van der Waals surface area contributed by atoms with Crippen molar-refractivity contribution >= 4 is 11.5 Å². The van der Waals surface area contributed by atoms with Gasteiger partial charge in [0.1, 0.15) is 5.82 Å². The van der Waals surface area contributed by atoms with Crippen LogP contribution in [0.15, 0.2) is 30.3 Å². The molecule has 4 nitrogen and oxygen atoms in total. The molecule has 2 aromatic rings. The van der Waals surface area contributed by atoms with Gasteiger partial charge >= 0.3 is 0 Å². The molecule has 0 radical (unpaired) electrons. The Morgan fingerprint density at radius 1 is 1.32 bits per heavy atom. The maximum Gasteiger partial charge on any atom is 0.215 e. The second kappa shape index (κ2) is 5.93. The summed E-state index contributed by atoms with van der Waals surface area (Å²) in [5, 5.41) is 0. The van der Waals surface area contributed by atoms with Crippen molar-refractivity contribution in [3.8, 4) is 11.1 Å². The van der Waals surface area contributed by atoms with Gasteiger partial charge in [0.15, 0.2) is 0 Å². The van der Waals surface area contributed by atoms with Gasteiger partial charge in [-0.05, 0) is 48.7 Å². The van der Waals surface area contributed by atoms with Crippen LogP contribution in [0, 0.1) is 12.9 Å². The Bertz CT molecular complexity index is 690. The highest BCUT2D eigenvalue weighted by Gasteiger charge is 2.21. The lowest BCUT2D eigenvalue weighted by atomic mass is 10.0. The van der Waals surface area contributed by atoms with Crippen molar-refractivity contribution in [2.24, 2.45) is 0 Å². The predicted molar refractivity (Wildman–Crippen MR) is 86.4 cm³/mol. The molecule has 0 bridgehead atoms. The van der Waals surface area contributed by atoms with Gasteiger partial charge < -0.3 is 15.4 Å². The van der Waals surface area contributed by atoms with E-state index in [-0.39, 0.29) is 6.04 Å². The van der Waals surface area contributed by atoms with Crippen LogP contribution in [0.1, 0.15) is 12.5 Å². The summed E-state index contributed by atoms with van der Waals surface area (Å²) >= 11 is 0. The number of aromatic nitrogens is 1. The highest BCUT2D eigenvalue weighted by atomic mass is 19.1. The molecule has 0 unspecified atom stereocenters. The number of aryl methyl sites for hydroxylation is 1. The van der Waals surface area contributed by atoms with Crippen LogP contribution in [0.5, 0.6) is 0 Å². The summed E-state index contributed by atoms with van der Waals surface area (Å²) in [7, 11) is 0. The summed E-state index contributed by atoms with van der Waals surface area (Å²) in [5.41, 5.74) is 9.32. The number of ether oxygens (including phenoxy) is 1. The molecular weight excluding hydrogens is 281 g/mol. The van der Waals surface area contributed by atoms with E-state index in [1.54, 1.807) is 0 Å². The van der Waals surface area contributed by atoms with Gasteiger partial charge in [-0.1, -0.05) is 6.07 Å². The van der Waals surface area contributed by atoms with Crippen molar-refractivity contribution in [3.05, 3.63) is 41.8 Å². The monoisotopic (exact) mass is 301 g/mol. The Balaban J connectivity index is 2.04. The molecule has 0 aliphatic carbocycles. The molecule has 1 aliphatic heterocycles. The normalized spacial score (nSPS) is 18.5. The zero-order valence-corrected chi connectivity index (χ0v) is 12.8. The number of benzene rings is 1. The Kier molecular flexibility index (Phi) is 3.98. The molecule has 2 heterocycles. The quantitative estimate of drug-likeness (QED) is 0.684. The standard InChI is InChI=1S/C17H20FN3O/c1-11-3-4-14(19)9-15(11)13-7-16(18)20-17(8-13)21-5-6-22-10-12(21)2/h3-4,7-9,12H,5-6,10,19H2,1-2H3/t12-/m1/s1. The van der Waals surface area contributed by atoms with Gasteiger partial charge in [0.05, 0.1) is 19.3 Å². The summed E-state index contributed by atoms with van der Waals surface area (Å²) in [5.74, 6) is 0.167. The van der Waals surface area contributed by atoms with Crippen LogP contribution >= 0.6 is 0 Å². The third kappa shape index (κ3) is 2.90. The third-order valence-electron chi connectivity index (χ3n) is 4.02. The van der Waals surface area contributed by atoms with E-state index < -0.39 is 5.95 Å². The maximum atomic E-state index is 14.0. The van der Waals surface area contributed by atoms with Crippen LogP contribution < -0.4 is 10.6 Å². The van der Waals surface area contributed by atoms with Crippen molar-refractivity contribution in [3.63, 3.8) is 0 Å². The number of anilines is 2. The Labute approximate surface area is 129 Å². The van der Waals surface area contributed by atoms with Crippen LogP contribution in [-0.4, -0.2) is 30.8 Å². The lowest BCUT2D eigenvalue weighted by Crippen LogP contribution is -2.44. The number of pyridine rings is 1. The zero-order chi connectivity index (χ0) is 15.7. The predicted octanol–water partition coefficient (Wildman–Crippen LogP) is 3.00. The molecule has 116 valence electrons. The van der Waals surface area contributed by atoms with E-state index >= 15 is 0 Å². The first-order valence-corrected chi connectivity index (χ1v) is 7.43. The third-order valence-corrected chi connectivity index (χ3v) is 4.02. The van der Waals surface area contributed by atoms with Crippen molar-refractivity contribution in [1.29, 1.82) is 0 Å². The first-order valence-electron chi connectivity index (χ1n) is 7.43. The van der Waals surface area contributed by atoms with E-state index in [1.807, 2.05) is 31.2 Å². The number of nitrogens with zero attached hydrogens (tertiary/aromatic N) is 2. The molecule has 2 N–H and O–H groups in total. The fourth-order valence-electron chi connectivity index (χ4n) is 2.80. The van der Waals surface area contributed by atoms with Crippen LogP contribution in [0.3, 0.4) is 0 Å². The SMILES string of the molecule is Cc1ccc(N)cc1-c1cc(F)nc(N2CCOC[C@H]2C)c1. The first-order chi connectivity index (χ1) is 10.5. The van der Waals surface area contributed by atoms with E-state index in [1.165, 1.54) is 6.07 Å². The molecule has 0 spiro atoms. The number of nitrogen functional groups attached to an aromatic ring is 1. The summed E-state index contributed by atoms with van der Waals surface area (Å²) in [4.78, 5) is 6.14. The number of hydrogen-bond acceptors (Lipinski definition) is 4. The second-order valence-electron chi connectivity index (χ2n) is 5.73. The average Bonchev–Trinajstić information content (AvgIpc) is 2.49. The zero-order valence-electron chi connectivity index (χ0n) is 12.8. The van der Waals surface area contributed by atoms with E-state index in [2.05, 4.69) is 16.8 Å². The van der Waals surface area contributed by atoms with Gasteiger partial charge in [-0.15, -0.1) is 0 Å². The number of rotatable bonds is 2. The molecule has 1 aliphatic rings. The van der Waals surface area contributed by atoms with Gasteiger partial charge in [-0.25, -0.2) is 4.98 Å². The summed E-state index contributed by atoms with van der Waals surface area (Å²) < 4.78 is 19.5. The van der Waals surface area contributed by atoms with Gasteiger partial charge in [0.2, 0.25) is 5.95 Å². The smallest absolute Gasteiger partial charge is 0.215 e. The largest absolute Gasteiger partial charge is 0.399 e. The number of hydrogen-bond donors (Lipinski definition) is 1. The average molecular weight is 301 g/mol. The lowest BCUT2D eigenvalue weighted by Gasteiger charge is -2.34. The van der Waals surface area contributed by atoms with Crippen molar-refractivity contribution in [1.82, 2.24) is 4.98 Å². The van der Waals surface area contributed by atoms with E-state index in [0.717, 1.165) is 16.7 Å². The first kappa shape index (κ1) is 14.8. The van der Waals surface area contributed by atoms with Crippen LogP contribution in [0.25, 0.3) is 11.1 Å². The van der Waals surface area contributed by atoms with Gasteiger partial charge in [0, 0.05) is 18.3 Å². The van der Waals surface area contributed by atoms with Gasteiger partial charge in [-0.2, -0.15) is 4.39 Å². The van der Waals surface area contributed by atoms with Gasteiger partial charge in [-0.3, -0.25) is 0 Å². The van der Waals surface area contributed by atoms with E-state index in [0.29, 0.717) is 31.3 Å². The van der Waals surface area contributed by atoms with E-state index in [4.69, 9.17) is 10.5 Å². The van der Waals surface area contributed by atoms with Crippen molar-refractivity contribution in [2.75, 3.05) is 30.4 Å². The highest BCUT2D eigenvalue weighted by molar-refractivity contribution is 5.73. The lowest BCUT2D eigenvalue weighted by molar-refractivity contribution is 0.0984. The molecule has 1 aromatic carbocycles. The fourth-order valence-corrected chi connectivity index (χ4v) is 2.80. The topological polar surface area (TPSA) is 51.4 Å². The van der Waals surface area contributed by atoms with E-state index in [9.17, 15) is 4.39 Å². The Hall–Kier alpha value is -2.14. The minimum Gasteiger partial charge on any atom is -0.399 e. The number of halogens is 1.